The molecule has 0 spiro atoms. The highest BCUT2D eigenvalue weighted by atomic mass is 79.9. The van der Waals surface area contributed by atoms with Crippen LogP contribution in [0.2, 0.25) is 0 Å². The molecule has 0 amide bonds. The van der Waals surface area contributed by atoms with Crippen molar-refractivity contribution in [3.63, 3.8) is 0 Å². The van der Waals surface area contributed by atoms with E-state index in [0.717, 1.165) is 10.0 Å². The summed E-state index contributed by atoms with van der Waals surface area (Å²) < 4.78 is 1.05. The van der Waals surface area contributed by atoms with Crippen molar-refractivity contribution in [2.24, 2.45) is 0 Å². The van der Waals surface area contributed by atoms with Crippen LogP contribution in [0.25, 0.3) is 22.3 Å². The Hall–Kier alpha value is -0.650. The van der Waals surface area contributed by atoms with Crippen molar-refractivity contribution in [3.05, 3.63) is 46.4 Å². The van der Waals surface area contributed by atoms with Gasteiger partial charge in [-0.05, 0) is 46.0 Å². The smallest absolute Gasteiger partial charge is 0.318 e. The van der Waals surface area contributed by atoms with Crippen LogP contribution in [0.4, 0.5) is 0 Å². The Morgan fingerprint density at radius 3 is 2.20 bits per heavy atom. The molecule has 0 aliphatic heterocycles. The van der Waals surface area contributed by atoms with Crippen LogP contribution in [0.1, 0.15) is 10.4 Å². The van der Waals surface area contributed by atoms with E-state index >= 15 is 0 Å². The van der Waals surface area contributed by atoms with Gasteiger partial charge in [0.15, 0.2) is 0 Å². The van der Waals surface area contributed by atoms with Crippen LogP contribution in [0.15, 0.2) is 40.9 Å². The molecular formula is C15H9Br3O2. The monoisotopic (exact) mass is 458 g/mol. The lowest BCUT2D eigenvalue weighted by atomic mass is 9.79. The van der Waals surface area contributed by atoms with Crippen molar-refractivity contribution in [1.29, 1.82) is 0 Å². The molecule has 5 heteroatoms. The molecule has 1 aliphatic carbocycles. The van der Waals surface area contributed by atoms with Crippen molar-refractivity contribution in [3.8, 4) is 22.3 Å². The van der Waals surface area contributed by atoms with Crippen LogP contribution in [0.3, 0.4) is 0 Å². The van der Waals surface area contributed by atoms with E-state index in [0.29, 0.717) is 0 Å². The minimum Gasteiger partial charge on any atom is -0.480 e. The molecule has 102 valence electrons. The highest BCUT2D eigenvalue weighted by molar-refractivity contribution is 9.12. The van der Waals surface area contributed by atoms with Crippen LogP contribution in [0, 0.1) is 0 Å². The van der Waals surface area contributed by atoms with E-state index in [1.165, 1.54) is 22.3 Å². The maximum absolute atomic E-state index is 11.0. The number of halogens is 3. The van der Waals surface area contributed by atoms with Gasteiger partial charge in [-0.3, -0.25) is 4.79 Å². The molecule has 2 aromatic carbocycles. The molecule has 20 heavy (non-hydrogen) atoms. The molecule has 1 aliphatic rings. The first-order valence-corrected chi connectivity index (χ1v) is 8.56. The quantitative estimate of drug-likeness (QED) is 0.533. The summed E-state index contributed by atoms with van der Waals surface area (Å²) >= 11 is 10.1. The van der Waals surface area contributed by atoms with Gasteiger partial charge in [-0.2, -0.15) is 0 Å². The summed E-state index contributed by atoms with van der Waals surface area (Å²) in [6.07, 6.45) is 0. The lowest BCUT2D eigenvalue weighted by Crippen LogP contribution is -2.18. The molecule has 0 fully saturated rings. The normalized spacial score (nSPS) is 14.8. The van der Waals surface area contributed by atoms with Gasteiger partial charge in [-0.1, -0.05) is 66.0 Å². The summed E-state index contributed by atoms with van der Waals surface area (Å²) in [5.74, 6) is -0.877. The first kappa shape index (κ1) is 14.3. The summed E-state index contributed by atoms with van der Waals surface area (Å²) in [7, 11) is 0. The van der Waals surface area contributed by atoms with Crippen molar-refractivity contribution in [2.45, 2.75) is 9.65 Å². The van der Waals surface area contributed by atoms with Crippen LogP contribution in [-0.2, 0) is 4.79 Å². The van der Waals surface area contributed by atoms with Gasteiger partial charge >= 0.3 is 5.97 Å². The zero-order chi connectivity index (χ0) is 14.4. The molecule has 1 N–H and O–H groups in total. The van der Waals surface area contributed by atoms with Gasteiger partial charge in [0.1, 0.15) is 4.83 Å². The average Bonchev–Trinajstić information content (AvgIpc) is 2.43. The predicted octanol–water partition coefficient (Wildman–Crippen LogP) is 5.38. The Morgan fingerprint density at radius 2 is 1.55 bits per heavy atom. The minimum absolute atomic E-state index is 0.262. The zero-order valence-corrected chi connectivity index (χ0v) is 14.9. The molecule has 0 aromatic heterocycles. The van der Waals surface area contributed by atoms with Gasteiger partial charge in [0.2, 0.25) is 0 Å². The predicted molar refractivity (Wildman–Crippen MR) is 90.6 cm³/mol. The zero-order valence-electron chi connectivity index (χ0n) is 10.1. The van der Waals surface area contributed by atoms with E-state index in [4.69, 9.17) is 5.11 Å². The molecule has 0 saturated heterocycles. The van der Waals surface area contributed by atoms with Crippen molar-refractivity contribution in [2.75, 3.05) is 0 Å². The number of benzene rings is 2. The number of rotatable bonds is 3. The Bertz CT molecular complexity index is 712. The van der Waals surface area contributed by atoms with E-state index in [1.807, 2.05) is 12.1 Å². The summed E-state index contributed by atoms with van der Waals surface area (Å²) in [6, 6.07) is 12.3. The van der Waals surface area contributed by atoms with Gasteiger partial charge in [0.05, 0.1) is 4.83 Å². The van der Waals surface area contributed by atoms with Gasteiger partial charge in [-0.15, -0.1) is 0 Å². The highest BCUT2D eigenvalue weighted by Gasteiger charge is 2.28. The molecule has 0 bridgehead atoms. The first-order chi connectivity index (χ1) is 9.49. The first-order valence-electron chi connectivity index (χ1n) is 5.94. The summed E-state index contributed by atoms with van der Waals surface area (Å²) in [5, 5.41) is 9.06. The largest absolute Gasteiger partial charge is 0.480 e. The highest BCUT2D eigenvalue weighted by Crippen LogP contribution is 2.49. The van der Waals surface area contributed by atoms with Gasteiger partial charge in [0.25, 0.3) is 0 Å². The topological polar surface area (TPSA) is 37.3 Å². The third kappa shape index (κ3) is 2.26. The molecule has 2 aromatic rings. The number of carbonyl (C=O) groups is 1. The second-order valence-electron chi connectivity index (χ2n) is 4.64. The third-order valence-corrected chi connectivity index (χ3v) is 6.60. The third-order valence-electron chi connectivity index (χ3n) is 3.42. The maximum Gasteiger partial charge on any atom is 0.318 e. The molecule has 3 rings (SSSR count). The number of hydrogen-bond donors (Lipinski definition) is 1. The summed E-state index contributed by atoms with van der Waals surface area (Å²) in [6.45, 7) is 0. The minimum atomic E-state index is -0.877. The number of hydrogen-bond acceptors (Lipinski definition) is 1. The lowest BCUT2D eigenvalue weighted by Gasteiger charge is -2.26. The fourth-order valence-corrected chi connectivity index (χ4v) is 3.57. The molecular weight excluding hydrogens is 452 g/mol. The van der Waals surface area contributed by atoms with Crippen molar-refractivity contribution in [1.82, 2.24) is 0 Å². The van der Waals surface area contributed by atoms with Crippen LogP contribution in [0.5, 0.6) is 0 Å². The van der Waals surface area contributed by atoms with E-state index < -0.39 is 10.8 Å². The molecule has 0 radical (unpaired) electrons. The van der Waals surface area contributed by atoms with E-state index in [1.54, 1.807) is 0 Å². The van der Waals surface area contributed by atoms with Crippen LogP contribution in [-0.4, -0.2) is 15.9 Å². The maximum atomic E-state index is 11.0. The number of alkyl halides is 2. The van der Waals surface area contributed by atoms with Crippen molar-refractivity contribution < 1.29 is 9.90 Å². The Balaban J connectivity index is 1.98. The number of carboxylic acid groups (broad SMARTS) is 1. The van der Waals surface area contributed by atoms with E-state index in [9.17, 15) is 4.79 Å². The van der Waals surface area contributed by atoms with Gasteiger partial charge in [0, 0.05) is 4.47 Å². The van der Waals surface area contributed by atoms with Crippen LogP contribution < -0.4 is 0 Å². The Labute approximate surface area is 141 Å². The number of carboxylic acids is 1. The van der Waals surface area contributed by atoms with E-state index in [-0.39, 0.29) is 4.83 Å². The second-order valence-corrected chi connectivity index (χ2v) is 7.53. The summed E-state index contributed by atoms with van der Waals surface area (Å²) in [4.78, 5) is 10.1. The van der Waals surface area contributed by atoms with Gasteiger partial charge in [-0.25, -0.2) is 0 Å². The molecule has 2 nitrogen and oxygen atoms in total. The summed E-state index contributed by atoms with van der Waals surface area (Å²) in [5.41, 5.74) is 5.80. The Morgan fingerprint density at radius 1 is 0.950 bits per heavy atom. The molecule has 0 saturated carbocycles. The fraction of sp³-hybridized carbons (Fsp3) is 0.133. The Kier molecular flexibility index (Phi) is 3.77. The van der Waals surface area contributed by atoms with Crippen LogP contribution >= 0.6 is 47.8 Å². The fourth-order valence-electron chi connectivity index (χ4n) is 2.40. The second kappa shape index (κ2) is 5.28. The van der Waals surface area contributed by atoms with Gasteiger partial charge < -0.3 is 5.11 Å². The standard InChI is InChI=1S/C15H9Br3O2/c16-8-2-4-10-9-3-1-7(5-11(9)12(10)6-8)13(17)14(18)15(19)20/h1-6,13-14H,(H,19,20). The van der Waals surface area contributed by atoms with Crippen molar-refractivity contribution >= 4 is 53.8 Å². The number of fused-ring (bicyclic) bond motifs is 4. The SMILES string of the molecule is O=C(O)C(Br)C(Br)c1ccc2c(c1)-c1cc(Br)ccc1-2. The lowest BCUT2D eigenvalue weighted by molar-refractivity contribution is -0.136. The average molecular weight is 461 g/mol. The number of aliphatic carboxylic acids is 1. The van der Waals surface area contributed by atoms with E-state index in [2.05, 4.69) is 72.1 Å². The molecule has 2 unspecified atom stereocenters. The molecule has 0 heterocycles. The molecule has 2 atom stereocenters.